The maximum Gasteiger partial charge on any atom is 0.255 e. The number of nitrogens with zero attached hydrogens (tertiary/aromatic N) is 1. The van der Waals surface area contributed by atoms with Gasteiger partial charge >= 0.3 is 0 Å². The largest absolute Gasteiger partial charge is 0.490 e. The fourth-order valence-corrected chi connectivity index (χ4v) is 5.71. The molecule has 0 unspecified atom stereocenters. The van der Waals surface area contributed by atoms with Gasteiger partial charge in [-0.3, -0.25) is 4.79 Å². The molecule has 1 saturated heterocycles. The van der Waals surface area contributed by atoms with Crippen molar-refractivity contribution in [3.8, 4) is 5.75 Å². The average molecular weight is 513 g/mol. The Morgan fingerprint density at radius 2 is 1.70 bits per heavy atom. The molecular formula is C24H30Cl2N2O4S. The van der Waals surface area contributed by atoms with E-state index < -0.39 is 15.9 Å². The van der Waals surface area contributed by atoms with Gasteiger partial charge in [-0.25, -0.2) is 8.42 Å². The van der Waals surface area contributed by atoms with E-state index in [1.54, 1.807) is 12.1 Å². The number of piperidine rings is 1. The Hall–Kier alpha value is -1.80. The Bertz CT molecular complexity index is 1040. The zero-order valence-corrected chi connectivity index (χ0v) is 21.3. The lowest BCUT2D eigenvalue weighted by atomic mass is 10.0. The predicted octanol–water partition coefficient (Wildman–Crippen LogP) is 6.24. The highest BCUT2D eigenvalue weighted by Gasteiger charge is 2.28. The molecule has 1 N–H and O–H groups in total. The van der Waals surface area contributed by atoms with Crippen molar-refractivity contribution in [1.29, 1.82) is 0 Å². The van der Waals surface area contributed by atoms with Gasteiger partial charge in [0.2, 0.25) is 10.0 Å². The van der Waals surface area contributed by atoms with Crippen molar-refractivity contribution in [3.63, 3.8) is 0 Å². The molecule has 2 aromatic rings. The van der Waals surface area contributed by atoms with Gasteiger partial charge in [0.25, 0.3) is 5.91 Å². The number of halogens is 2. The minimum absolute atomic E-state index is 0.214. The molecule has 0 bridgehead atoms. The molecule has 1 amide bonds. The summed E-state index contributed by atoms with van der Waals surface area (Å²) < 4.78 is 32.9. The smallest absolute Gasteiger partial charge is 0.255 e. The number of nitrogens with one attached hydrogen (secondary N) is 1. The first kappa shape index (κ1) is 25.8. The van der Waals surface area contributed by atoms with Crippen molar-refractivity contribution in [2.24, 2.45) is 5.92 Å². The van der Waals surface area contributed by atoms with E-state index in [4.69, 9.17) is 27.9 Å². The second-order valence-corrected chi connectivity index (χ2v) is 11.1. The third-order valence-corrected chi connectivity index (χ3v) is 8.22. The van der Waals surface area contributed by atoms with Gasteiger partial charge in [-0.2, -0.15) is 4.31 Å². The third kappa shape index (κ3) is 6.63. The van der Waals surface area contributed by atoms with E-state index in [2.05, 4.69) is 19.2 Å². The van der Waals surface area contributed by atoms with Crippen LogP contribution in [0.3, 0.4) is 0 Å². The fourth-order valence-electron chi connectivity index (χ4n) is 3.64. The van der Waals surface area contributed by atoms with Crippen molar-refractivity contribution in [3.05, 3.63) is 52.0 Å². The molecule has 9 heteroatoms. The van der Waals surface area contributed by atoms with E-state index >= 15 is 0 Å². The normalized spacial score (nSPS) is 15.4. The number of benzene rings is 2. The molecule has 0 atom stereocenters. The minimum atomic E-state index is -3.54. The van der Waals surface area contributed by atoms with Gasteiger partial charge in [0.15, 0.2) is 5.75 Å². The van der Waals surface area contributed by atoms with E-state index in [0.29, 0.717) is 37.1 Å². The molecule has 0 radical (unpaired) electrons. The van der Waals surface area contributed by atoms with E-state index in [1.165, 1.54) is 28.6 Å². The van der Waals surface area contributed by atoms with E-state index in [1.807, 2.05) is 0 Å². The maximum absolute atomic E-state index is 12.9. The number of hydrogen-bond acceptors (Lipinski definition) is 4. The summed E-state index contributed by atoms with van der Waals surface area (Å²) in [6, 6.07) is 9.19. The van der Waals surface area contributed by atoms with Crippen molar-refractivity contribution in [2.75, 3.05) is 25.0 Å². The topological polar surface area (TPSA) is 75.7 Å². The summed E-state index contributed by atoms with van der Waals surface area (Å²) >= 11 is 12.6. The first-order chi connectivity index (χ1) is 15.7. The van der Waals surface area contributed by atoms with Gasteiger partial charge in [-0.15, -0.1) is 0 Å². The van der Waals surface area contributed by atoms with Gasteiger partial charge in [0.1, 0.15) is 0 Å². The second kappa shape index (κ2) is 11.6. The van der Waals surface area contributed by atoms with Gasteiger partial charge in [0, 0.05) is 24.3 Å². The highest BCUT2D eigenvalue weighted by Crippen LogP contribution is 2.34. The van der Waals surface area contributed by atoms with Crippen LogP contribution in [0, 0.1) is 5.92 Å². The standard InChI is InChI=1S/C24H30Cl2N2O4S/c1-3-4-5-14-32-23-21(25)15-18(16-22(23)26)24(29)27-19-6-8-20(9-7-19)33(30,31)28-12-10-17(2)11-13-28/h6-9,15-17H,3-5,10-14H2,1-2H3,(H,27,29). The number of rotatable bonds is 9. The lowest BCUT2D eigenvalue weighted by Gasteiger charge is -2.29. The Balaban J connectivity index is 1.66. The lowest BCUT2D eigenvalue weighted by Crippen LogP contribution is -2.37. The molecule has 0 spiro atoms. The summed E-state index contributed by atoms with van der Waals surface area (Å²) in [7, 11) is -3.54. The van der Waals surface area contributed by atoms with Crippen molar-refractivity contribution in [1.82, 2.24) is 4.31 Å². The van der Waals surface area contributed by atoms with Crippen molar-refractivity contribution < 1.29 is 17.9 Å². The number of carbonyl (C=O) groups is 1. The Kier molecular flexibility index (Phi) is 9.04. The molecule has 2 aromatic carbocycles. The van der Waals surface area contributed by atoms with Gasteiger partial charge < -0.3 is 10.1 Å². The van der Waals surface area contributed by atoms with Crippen LogP contribution < -0.4 is 10.1 Å². The third-order valence-electron chi connectivity index (χ3n) is 5.75. The van der Waals surface area contributed by atoms with Crippen LogP contribution in [0.1, 0.15) is 56.3 Å². The molecule has 1 heterocycles. The van der Waals surface area contributed by atoms with Crippen LogP contribution in [-0.2, 0) is 10.0 Å². The molecule has 33 heavy (non-hydrogen) atoms. The van der Waals surface area contributed by atoms with E-state index in [9.17, 15) is 13.2 Å². The van der Waals surface area contributed by atoms with Crippen molar-refractivity contribution in [2.45, 2.75) is 50.8 Å². The van der Waals surface area contributed by atoms with Crippen LogP contribution in [0.25, 0.3) is 0 Å². The SMILES string of the molecule is CCCCCOc1c(Cl)cc(C(=O)Nc2ccc(S(=O)(=O)N3CCC(C)CC3)cc2)cc1Cl. The summed E-state index contributed by atoms with van der Waals surface area (Å²) in [6.07, 6.45) is 4.75. The summed E-state index contributed by atoms with van der Waals surface area (Å²) in [5.74, 6) is 0.502. The molecule has 1 fully saturated rings. The minimum Gasteiger partial charge on any atom is -0.490 e. The quantitative estimate of drug-likeness (QED) is 0.403. The first-order valence-electron chi connectivity index (χ1n) is 11.3. The number of sulfonamides is 1. The zero-order chi connectivity index (χ0) is 24.0. The Labute approximate surface area is 206 Å². The van der Waals surface area contributed by atoms with E-state index in [-0.39, 0.29) is 20.5 Å². The van der Waals surface area contributed by atoms with Gasteiger partial charge in [0.05, 0.1) is 21.5 Å². The van der Waals surface area contributed by atoms with Crippen LogP contribution in [-0.4, -0.2) is 38.3 Å². The number of ether oxygens (including phenoxy) is 1. The highest BCUT2D eigenvalue weighted by atomic mass is 35.5. The molecule has 6 nitrogen and oxygen atoms in total. The number of anilines is 1. The van der Waals surface area contributed by atoms with Crippen LogP contribution >= 0.6 is 23.2 Å². The number of hydrogen-bond donors (Lipinski definition) is 1. The summed E-state index contributed by atoms with van der Waals surface area (Å²) in [5, 5.41) is 3.28. The molecule has 0 aliphatic carbocycles. The maximum atomic E-state index is 12.9. The van der Waals surface area contributed by atoms with Crippen LogP contribution in [0.2, 0.25) is 10.0 Å². The number of amides is 1. The summed E-state index contributed by atoms with van der Waals surface area (Å²) in [6.45, 7) is 5.80. The predicted molar refractivity (Wildman–Crippen MR) is 133 cm³/mol. The molecular weight excluding hydrogens is 483 g/mol. The summed E-state index contributed by atoms with van der Waals surface area (Å²) in [4.78, 5) is 12.9. The molecule has 1 aliphatic rings. The number of carbonyl (C=O) groups excluding carboxylic acids is 1. The fraction of sp³-hybridized carbons (Fsp3) is 0.458. The molecule has 3 rings (SSSR count). The molecule has 180 valence electrons. The van der Waals surface area contributed by atoms with Gasteiger partial charge in [-0.1, -0.05) is 49.9 Å². The Morgan fingerprint density at radius 3 is 2.27 bits per heavy atom. The number of unbranched alkanes of at least 4 members (excludes halogenated alkanes) is 2. The monoisotopic (exact) mass is 512 g/mol. The molecule has 1 aliphatic heterocycles. The van der Waals surface area contributed by atoms with Crippen LogP contribution in [0.4, 0.5) is 5.69 Å². The van der Waals surface area contributed by atoms with E-state index in [0.717, 1.165) is 32.1 Å². The van der Waals surface area contributed by atoms with Crippen molar-refractivity contribution >= 4 is 44.8 Å². The Morgan fingerprint density at radius 1 is 1.09 bits per heavy atom. The van der Waals surface area contributed by atoms with Crippen LogP contribution in [0.5, 0.6) is 5.75 Å². The summed E-state index contributed by atoms with van der Waals surface area (Å²) in [5.41, 5.74) is 0.753. The first-order valence-corrected chi connectivity index (χ1v) is 13.5. The lowest BCUT2D eigenvalue weighted by molar-refractivity contribution is 0.102. The molecule has 0 saturated carbocycles. The van der Waals surface area contributed by atoms with Crippen LogP contribution in [0.15, 0.2) is 41.3 Å². The second-order valence-electron chi connectivity index (χ2n) is 8.39. The molecule has 0 aromatic heterocycles. The average Bonchev–Trinajstić information content (AvgIpc) is 2.78. The van der Waals surface area contributed by atoms with Gasteiger partial charge in [-0.05, 0) is 61.6 Å². The zero-order valence-electron chi connectivity index (χ0n) is 18.9. The highest BCUT2D eigenvalue weighted by molar-refractivity contribution is 7.89.